The van der Waals surface area contributed by atoms with E-state index >= 15 is 0 Å². The number of hydrogen-bond acceptors (Lipinski definition) is 0. The van der Waals surface area contributed by atoms with E-state index in [4.69, 9.17) is 11.6 Å². The van der Waals surface area contributed by atoms with E-state index in [1.165, 1.54) is 60.7 Å². The van der Waals surface area contributed by atoms with E-state index in [0.29, 0.717) is 0 Å². The summed E-state index contributed by atoms with van der Waals surface area (Å²) in [5, 5.41) is 2.18. The van der Waals surface area contributed by atoms with Crippen LogP contribution in [0.1, 0.15) is 43.9 Å². The van der Waals surface area contributed by atoms with Gasteiger partial charge >= 0.3 is 0 Å². The number of aromatic nitrogens is 1. The zero-order valence-electron chi connectivity index (χ0n) is 10.9. The van der Waals surface area contributed by atoms with E-state index in [1.807, 2.05) is 6.07 Å². The van der Waals surface area contributed by atoms with Crippen LogP contribution in [0.3, 0.4) is 0 Å². The van der Waals surface area contributed by atoms with Gasteiger partial charge in [-0.2, -0.15) is 0 Å². The van der Waals surface area contributed by atoms with Gasteiger partial charge in [0.1, 0.15) is 0 Å². The number of H-pyrrole nitrogens is 1. The molecule has 0 saturated carbocycles. The molecule has 2 aromatic rings. The largest absolute Gasteiger partial charge is 0.358 e. The van der Waals surface area contributed by atoms with Crippen LogP contribution in [0.5, 0.6) is 0 Å². The predicted molar refractivity (Wildman–Crippen MR) is 78.3 cm³/mol. The number of hydrogen-bond donors (Lipinski definition) is 1. The molecule has 1 N–H and O–H groups in total. The van der Waals surface area contributed by atoms with Gasteiger partial charge in [-0.1, -0.05) is 37.8 Å². The summed E-state index contributed by atoms with van der Waals surface area (Å²) < 4.78 is 0. The summed E-state index contributed by atoms with van der Waals surface area (Å²) in [6, 6.07) is 6.19. The number of benzene rings is 1. The molecule has 0 aliphatic heterocycles. The van der Waals surface area contributed by atoms with Gasteiger partial charge in [0.2, 0.25) is 0 Å². The SMILES string of the molecule is CCCCC1CCc2c([nH]c3ccc(Cl)cc23)C1. The van der Waals surface area contributed by atoms with Gasteiger partial charge in [0.25, 0.3) is 0 Å². The maximum Gasteiger partial charge on any atom is 0.0460 e. The second-order valence-corrected chi connectivity index (χ2v) is 5.96. The molecule has 2 heteroatoms. The summed E-state index contributed by atoms with van der Waals surface area (Å²) in [4.78, 5) is 3.59. The summed E-state index contributed by atoms with van der Waals surface area (Å²) in [5.74, 6) is 0.876. The Balaban J connectivity index is 1.90. The quantitative estimate of drug-likeness (QED) is 0.790. The number of aromatic amines is 1. The Labute approximate surface area is 114 Å². The first kappa shape index (κ1) is 12.1. The second-order valence-electron chi connectivity index (χ2n) is 5.52. The minimum absolute atomic E-state index is 0.845. The third-order valence-corrected chi connectivity index (χ3v) is 4.45. The molecule has 96 valence electrons. The highest BCUT2D eigenvalue weighted by Crippen LogP contribution is 2.34. The lowest BCUT2D eigenvalue weighted by molar-refractivity contribution is 0.410. The standard InChI is InChI=1S/C16H20ClN/c1-2-3-4-11-5-7-13-14-10-12(17)6-8-15(14)18-16(13)9-11/h6,8,10-11,18H,2-5,7,9H2,1H3. The average Bonchev–Trinajstić information content (AvgIpc) is 2.73. The number of halogens is 1. The Morgan fingerprint density at radius 1 is 1.39 bits per heavy atom. The van der Waals surface area contributed by atoms with Gasteiger partial charge < -0.3 is 4.98 Å². The topological polar surface area (TPSA) is 15.8 Å². The second kappa shape index (κ2) is 4.97. The van der Waals surface area contributed by atoms with Crippen LogP contribution in [0, 0.1) is 5.92 Å². The van der Waals surface area contributed by atoms with Crippen molar-refractivity contribution in [2.45, 2.75) is 45.4 Å². The third-order valence-electron chi connectivity index (χ3n) is 4.22. The van der Waals surface area contributed by atoms with Crippen molar-refractivity contribution in [1.29, 1.82) is 0 Å². The first-order valence-electron chi connectivity index (χ1n) is 7.07. The molecule has 3 rings (SSSR count). The van der Waals surface area contributed by atoms with E-state index in [-0.39, 0.29) is 0 Å². The Bertz CT molecular complexity index is 555. The molecule has 1 unspecified atom stereocenters. The van der Waals surface area contributed by atoms with Gasteiger partial charge in [-0.15, -0.1) is 0 Å². The first-order valence-corrected chi connectivity index (χ1v) is 7.44. The number of nitrogens with one attached hydrogen (secondary N) is 1. The van der Waals surface area contributed by atoms with Gasteiger partial charge in [0, 0.05) is 21.6 Å². The summed E-state index contributed by atoms with van der Waals surface area (Å²) in [7, 11) is 0. The van der Waals surface area contributed by atoms with Gasteiger partial charge in [-0.25, -0.2) is 0 Å². The summed E-state index contributed by atoms with van der Waals surface area (Å²) in [6.45, 7) is 2.28. The van der Waals surface area contributed by atoms with Crippen LogP contribution >= 0.6 is 11.6 Å². The molecule has 0 amide bonds. The maximum atomic E-state index is 6.10. The van der Waals surface area contributed by atoms with Crippen LogP contribution in [0.15, 0.2) is 18.2 Å². The van der Waals surface area contributed by atoms with E-state index in [0.717, 1.165) is 10.9 Å². The van der Waals surface area contributed by atoms with E-state index in [1.54, 1.807) is 0 Å². The fourth-order valence-electron chi connectivity index (χ4n) is 3.21. The fourth-order valence-corrected chi connectivity index (χ4v) is 3.39. The highest BCUT2D eigenvalue weighted by atomic mass is 35.5. The fraction of sp³-hybridized carbons (Fsp3) is 0.500. The highest BCUT2D eigenvalue weighted by Gasteiger charge is 2.21. The molecule has 1 nitrogen and oxygen atoms in total. The van der Waals surface area contributed by atoms with Crippen molar-refractivity contribution in [3.05, 3.63) is 34.5 Å². The smallest absolute Gasteiger partial charge is 0.0460 e. The number of unbranched alkanes of at least 4 members (excludes halogenated alkanes) is 1. The Hall–Kier alpha value is -0.950. The molecule has 1 aliphatic rings. The highest BCUT2D eigenvalue weighted by molar-refractivity contribution is 6.31. The van der Waals surface area contributed by atoms with Crippen molar-refractivity contribution in [2.75, 3.05) is 0 Å². The van der Waals surface area contributed by atoms with Crippen molar-refractivity contribution >= 4 is 22.5 Å². The molecule has 0 saturated heterocycles. The van der Waals surface area contributed by atoms with Crippen LogP contribution in [0.25, 0.3) is 10.9 Å². The lowest BCUT2D eigenvalue weighted by Gasteiger charge is -2.22. The third kappa shape index (κ3) is 2.16. The Morgan fingerprint density at radius 3 is 3.11 bits per heavy atom. The van der Waals surface area contributed by atoms with Gasteiger partial charge in [0.15, 0.2) is 0 Å². The number of aryl methyl sites for hydroxylation is 1. The molecule has 18 heavy (non-hydrogen) atoms. The zero-order valence-corrected chi connectivity index (χ0v) is 11.7. The first-order chi connectivity index (χ1) is 8.78. The molecule has 1 aliphatic carbocycles. The van der Waals surface area contributed by atoms with Crippen molar-refractivity contribution in [1.82, 2.24) is 4.98 Å². The Morgan fingerprint density at radius 2 is 2.28 bits per heavy atom. The lowest BCUT2D eigenvalue weighted by Crippen LogP contribution is -2.13. The molecule has 0 fully saturated rings. The zero-order chi connectivity index (χ0) is 12.5. The van der Waals surface area contributed by atoms with Crippen molar-refractivity contribution in [3.8, 4) is 0 Å². The lowest BCUT2D eigenvalue weighted by atomic mass is 9.84. The van der Waals surface area contributed by atoms with Gasteiger partial charge in [-0.05, 0) is 48.9 Å². The van der Waals surface area contributed by atoms with Crippen LogP contribution in [-0.4, -0.2) is 4.98 Å². The molecule has 1 atom stereocenters. The monoisotopic (exact) mass is 261 g/mol. The van der Waals surface area contributed by atoms with Crippen molar-refractivity contribution in [3.63, 3.8) is 0 Å². The normalized spacial score (nSPS) is 19.1. The van der Waals surface area contributed by atoms with E-state index in [2.05, 4.69) is 24.0 Å². The molecular weight excluding hydrogens is 242 g/mol. The summed E-state index contributed by atoms with van der Waals surface area (Å²) >= 11 is 6.10. The minimum Gasteiger partial charge on any atom is -0.358 e. The average molecular weight is 262 g/mol. The number of rotatable bonds is 3. The predicted octanol–water partition coefficient (Wildman–Crippen LogP) is 5.12. The van der Waals surface area contributed by atoms with Crippen LogP contribution in [-0.2, 0) is 12.8 Å². The summed E-state index contributed by atoms with van der Waals surface area (Å²) in [6.07, 6.45) is 7.84. The molecule has 0 radical (unpaired) electrons. The van der Waals surface area contributed by atoms with Gasteiger partial charge in [0.05, 0.1) is 0 Å². The molecule has 1 aromatic carbocycles. The number of fused-ring (bicyclic) bond motifs is 3. The van der Waals surface area contributed by atoms with Crippen molar-refractivity contribution < 1.29 is 0 Å². The minimum atomic E-state index is 0.845. The summed E-state index contributed by atoms with van der Waals surface area (Å²) in [5.41, 5.74) is 4.22. The Kier molecular flexibility index (Phi) is 3.34. The molecule has 1 aromatic heterocycles. The van der Waals surface area contributed by atoms with E-state index in [9.17, 15) is 0 Å². The molecular formula is C16H20ClN. The molecule has 0 bridgehead atoms. The van der Waals surface area contributed by atoms with Crippen molar-refractivity contribution in [2.24, 2.45) is 5.92 Å². The molecule has 0 spiro atoms. The van der Waals surface area contributed by atoms with Gasteiger partial charge in [-0.3, -0.25) is 0 Å². The van der Waals surface area contributed by atoms with Crippen LogP contribution in [0.2, 0.25) is 5.02 Å². The maximum absolute atomic E-state index is 6.10. The van der Waals surface area contributed by atoms with E-state index < -0.39 is 0 Å². The molecule has 1 heterocycles. The van der Waals surface area contributed by atoms with Crippen LogP contribution < -0.4 is 0 Å². The van der Waals surface area contributed by atoms with Crippen LogP contribution in [0.4, 0.5) is 0 Å².